The molecule has 88 valence electrons. The van der Waals surface area contributed by atoms with Gasteiger partial charge in [-0.25, -0.2) is 4.39 Å². The zero-order valence-corrected chi connectivity index (χ0v) is 9.66. The number of hydrogen-bond donors (Lipinski definition) is 1. The van der Waals surface area contributed by atoms with E-state index in [1.54, 1.807) is 6.07 Å². The Kier molecular flexibility index (Phi) is 2.89. The average molecular weight is 224 g/mol. The summed E-state index contributed by atoms with van der Waals surface area (Å²) in [5, 5.41) is 10.0. The summed E-state index contributed by atoms with van der Waals surface area (Å²) in [7, 11) is 0. The van der Waals surface area contributed by atoms with Gasteiger partial charge in [-0.2, -0.15) is 0 Å². The van der Waals surface area contributed by atoms with E-state index in [4.69, 9.17) is 4.74 Å². The van der Waals surface area contributed by atoms with Crippen molar-refractivity contribution in [1.82, 2.24) is 0 Å². The van der Waals surface area contributed by atoms with E-state index in [1.807, 2.05) is 6.92 Å². The Balaban J connectivity index is 2.33. The first-order valence-corrected chi connectivity index (χ1v) is 5.70. The van der Waals surface area contributed by atoms with E-state index in [2.05, 4.69) is 6.92 Å². The molecule has 0 aliphatic carbocycles. The van der Waals surface area contributed by atoms with Crippen LogP contribution in [0.4, 0.5) is 4.39 Å². The van der Waals surface area contributed by atoms with Gasteiger partial charge in [-0.05, 0) is 31.5 Å². The maximum absolute atomic E-state index is 13.0. The molecule has 0 aromatic heterocycles. The number of fused-ring (bicyclic) bond motifs is 1. The molecule has 2 atom stereocenters. The Morgan fingerprint density at radius 2 is 2.31 bits per heavy atom. The van der Waals surface area contributed by atoms with Crippen LogP contribution < -0.4 is 4.74 Å². The summed E-state index contributed by atoms with van der Waals surface area (Å²) in [6.45, 7) is 4.08. The number of aliphatic hydroxyl groups is 1. The van der Waals surface area contributed by atoms with Crippen LogP contribution >= 0.6 is 0 Å². The molecule has 0 fully saturated rings. The van der Waals surface area contributed by atoms with Crippen molar-refractivity contribution in [2.75, 3.05) is 0 Å². The van der Waals surface area contributed by atoms with E-state index in [0.717, 1.165) is 12.8 Å². The van der Waals surface area contributed by atoms with Crippen LogP contribution in [0.1, 0.15) is 44.8 Å². The summed E-state index contributed by atoms with van der Waals surface area (Å²) < 4.78 is 18.9. The SMILES string of the molecule is CCCC1(C)C[C@@H](O)c2cc(F)ccc2O1. The zero-order chi connectivity index (χ0) is 11.8. The molecule has 2 rings (SSSR count). The van der Waals surface area contributed by atoms with Gasteiger partial charge in [0.05, 0.1) is 6.10 Å². The van der Waals surface area contributed by atoms with E-state index in [-0.39, 0.29) is 11.4 Å². The normalized spacial score (nSPS) is 28.4. The fourth-order valence-electron chi connectivity index (χ4n) is 2.38. The van der Waals surface area contributed by atoms with Crippen molar-refractivity contribution in [3.63, 3.8) is 0 Å². The molecule has 0 bridgehead atoms. The highest BCUT2D eigenvalue weighted by Crippen LogP contribution is 2.41. The van der Waals surface area contributed by atoms with Crippen LogP contribution in [-0.2, 0) is 0 Å². The van der Waals surface area contributed by atoms with Gasteiger partial charge in [0, 0.05) is 12.0 Å². The third-order valence-corrected chi connectivity index (χ3v) is 3.09. The van der Waals surface area contributed by atoms with Crippen molar-refractivity contribution >= 4 is 0 Å². The minimum atomic E-state index is -0.629. The first-order chi connectivity index (χ1) is 7.54. The van der Waals surface area contributed by atoms with E-state index >= 15 is 0 Å². The van der Waals surface area contributed by atoms with E-state index < -0.39 is 6.10 Å². The number of rotatable bonds is 2. The third kappa shape index (κ3) is 2.05. The van der Waals surface area contributed by atoms with Gasteiger partial charge in [0.2, 0.25) is 0 Å². The average Bonchev–Trinajstić information content (AvgIpc) is 2.19. The van der Waals surface area contributed by atoms with Crippen molar-refractivity contribution in [1.29, 1.82) is 0 Å². The van der Waals surface area contributed by atoms with Crippen molar-refractivity contribution in [3.05, 3.63) is 29.6 Å². The summed E-state index contributed by atoms with van der Waals surface area (Å²) in [5.41, 5.74) is 0.229. The predicted molar refractivity (Wildman–Crippen MR) is 59.9 cm³/mol. The lowest BCUT2D eigenvalue weighted by Crippen LogP contribution is -2.38. The number of hydrogen-bond acceptors (Lipinski definition) is 2. The lowest BCUT2D eigenvalue weighted by atomic mass is 9.87. The molecule has 0 radical (unpaired) electrons. The van der Waals surface area contributed by atoms with E-state index in [0.29, 0.717) is 17.7 Å². The topological polar surface area (TPSA) is 29.5 Å². The molecule has 16 heavy (non-hydrogen) atoms. The van der Waals surface area contributed by atoms with Crippen LogP contribution in [0.2, 0.25) is 0 Å². The van der Waals surface area contributed by atoms with Gasteiger partial charge in [-0.15, -0.1) is 0 Å². The monoisotopic (exact) mass is 224 g/mol. The summed E-state index contributed by atoms with van der Waals surface area (Å²) in [4.78, 5) is 0. The molecule has 0 spiro atoms. The van der Waals surface area contributed by atoms with Crippen LogP contribution in [0.5, 0.6) is 5.75 Å². The van der Waals surface area contributed by atoms with Crippen molar-refractivity contribution in [2.45, 2.75) is 44.8 Å². The largest absolute Gasteiger partial charge is 0.487 e. The zero-order valence-electron chi connectivity index (χ0n) is 9.66. The maximum atomic E-state index is 13.0. The molecular formula is C13H17FO2. The number of aliphatic hydroxyl groups excluding tert-OH is 1. The van der Waals surface area contributed by atoms with Gasteiger partial charge in [0.1, 0.15) is 17.2 Å². The van der Waals surface area contributed by atoms with Gasteiger partial charge >= 0.3 is 0 Å². The van der Waals surface area contributed by atoms with Crippen molar-refractivity contribution in [3.8, 4) is 5.75 Å². The minimum Gasteiger partial charge on any atom is -0.487 e. The second-order valence-corrected chi connectivity index (χ2v) is 4.70. The molecule has 1 N–H and O–H groups in total. The first kappa shape index (κ1) is 11.4. The van der Waals surface area contributed by atoms with Crippen molar-refractivity contribution in [2.24, 2.45) is 0 Å². The molecular weight excluding hydrogens is 207 g/mol. The molecule has 2 nitrogen and oxygen atoms in total. The quantitative estimate of drug-likeness (QED) is 0.835. The highest BCUT2D eigenvalue weighted by Gasteiger charge is 2.35. The first-order valence-electron chi connectivity index (χ1n) is 5.70. The van der Waals surface area contributed by atoms with Crippen LogP contribution in [0.15, 0.2) is 18.2 Å². The van der Waals surface area contributed by atoms with Gasteiger partial charge in [-0.3, -0.25) is 0 Å². The van der Waals surface area contributed by atoms with Crippen molar-refractivity contribution < 1.29 is 14.2 Å². The van der Waals surface area contributed by atoms with Gasteiger partial charge < -0.3 is 9.84 Å². The highest BCUT2D eigenvalue weighted by atomic mass is 19.1. The highest BCUT2D eigenvalue weighted by molar-refractivity contribution is 5.38. The molecule has 1 aromatic carbocycles. The molecule has 0 saturated carbocycles. The lowest BCUT2D eigenvalue weighted by molar-refractivity contribution is -0.00758. The molecule has 0 saturated heterocycles. The second-order valence-electron chi connectivity index (χ2n) is 4.70. The maximum Gasteiger partial charge on any atom is 0.126 e. The molecule has 1 aliphatic heterocycles. The standard InChI is InChI=1S/C13H17FO2/c1-3-6-13(2)8-11(15)10-7-9(14)4-5-12(10)16-13/h4-5,7,11,15H,3,6,8H2,1-2H3/t11-,13?/m1/s1. The third-order valence-electron chi connectivity index (χ3n) is 3.09. The van der Waals surface area contributed by atoms with Gasteiger partial charge in [-0.1, -0.05) is 13.3 Å². The second kappa shape index (κ2) is 4.06. The Bertz CT molecular complexity index is 392. The predicted octanol–water partition coefficient (Wildman–Crippen LogP) is 3.20. The number of halogens is 1. The van der Waals surface area contributed by atoms with Crippen LogP contribution in [-0.4, -0.2) is 10.7 Å². The Labute approximate surface area is 95.1 Å². The smallest absolute Gasteiger partial charge is 0.126 e. The van der Waals surface area contributed by atoms with Crippen LogP contribution in [0.25, 0.3) is 0 Å². The fourth-order valence-corrected chi connectivity index (χ4v) is 2.38. The minimum absolute atomic E-state index is 0.333. The van der Waals surface area contributed by atoms with E-state index in [1.165, 1.54) is 12.1 Å². The fraction of sp³-hybridized carbons (Fsp3) is 0.538. The van der Waals surface area contributed by atoms with E-state index in [9.17, 15) is 9.50 Å². The molecule has 1 aromatic rings. The lowest BCUT2D eigenvalue weighted by Gasteiger charge is -2.38. The van der Waals surface area contributed by atoms with Crippen LogP contribution in [0.3, 0.4) is 0 Å². The molecule has 3 heteroatoms. The number of benzene rings is 1. The summed E-state index contributed by atoms with van der Waals surface area (Å²) in [6, 6.07) is 4.32. The molecule has 1 heterocycles. The summed E-state index contributed by atoms with van der Waals surface area (Å²) in [5.74, 6) is 0.275. The summed E-state index contributed by atoms with van der Waals surface area (Å²) >= 11 is 0. The van der Waals surface area contributed by atoms with Gasteiger partial charge in [0.15, 0.2) is 0 Å². The van der Waals surface area contributed by atoms with Gasteiger partial charge in [0.25, 0.3) is 0 Å². The molecule has 1 unspecified atom stereocenters. The molecule has 1 aliphatic rings. The Morgan fingerprint density at radius 3 is 3.00 bits per heavy atom. The summed E-state index contributed by atoms with van der Waals surface area (Å²) in [6.07, 6.45) is 1.79. The van der Waals surface area contributed by atoms with Crippen LogP contribution in [0, 0.1) is 5.82 Å². The Morgan fingerprint density at radius 1 is 1.56 bits per heavy atom. The Hall–Kier alpha value is -1.09. The molecule has 0 amide bonds. The number of ether oxygens (including phenoxy) is 1.